The van der Waals surface area contributed by atoms with E-state index in [0.29, 0.717) is 0 Å². The molecule has 1 N–H and O–H groups in total. The van der Waals surface area contributed by atoms with Crippen LogP contribution in [0.25, 0.3) is 0 Å². The standard InChI is InChI=1S/C12H21N3O2/c1-10-7-15(8-11(9-16)17-10)5-3-12-13-4-6-14(12)2/h4,6,10-11,16H,3,5,7-9H2,1-2H3. The van der Waals surface area contributed by atoms with Crippen molar-refractivity contribution < 1.29 is 9.84 Å². The van der Waals surface area contributed by atoms with Crippen molar-refractivity contribution in [1.82, 2.24) is 14.5 Å². The molecule has 2 rings (SSSR count). The number of rotatable bonds is 4. The van der Waals surface area contributed by atoms with Crippen molar-refractivity contribution in [3.05, 3.63) is 18.2 Å². The minimum atomic E-state index is -0.0416. The second-order valence-corrected chi connectivity index (χ2v) is 4.72. The summed E-state index contributed by atoms with van der Waals surface area (Å²) < 4.78 is 7.66. The molecule has 1 aromatic rings. The summed E-state index contributed by atoms with van der Waals surface area (Å²) >= 11 is 0. The van der Waals surface area contributed by atoms with Gasteiger partial charge in [-0.3, -0.25) is 4.90 Å². The third-order valence-corrected chi connectivity index (χ3v) is 3.18. The highest BCUT2D eigenvalue weighted by Gasteiger charge is 2.24. The first-order chi connectivity index (χ1) is 8.19. The van der Waals surface area contributed by atoms with Crippen molar-refractivity contribution in [1.29, 1.82) is 0 Å². The molecular weight excluding hydrogens is 218 g/mol. The Labute approximate surface area is 102 Å². The molecule has 0 saturated carbocycles. The third-order valence-electron chi connectivity index (χ3n) is 3.18. The van der Waals surface area contributed by atoms with Gasteiger partial charge in [0.1, 0.15) is 5.82 Å². The number of aliphatic hydroxyl groups excluding tert-OH is 1. The van der Waals surface area contributed by atoms with Crippen LogP contribution in [0, 0.1) is 0 Å². The Hall–Kier alpha value is -0.910. The topological polar surface area (TPSA) is 50.5 Å². The maximum Gasteiger partial charge on any atom is 0.109 e. The predicted octanol–water partition coefficient (Wildman–Crippen LogP) is 0.0442. The molecule has 1 saturated heterocycles. The van der Waals surface area contributed by atoms with Crippen molar-refractivity contribution >= 4 is 0 Å². The average Bonchev–Trinajstić information content (AvgIpc) is 2.71. The fourth-order valence-electron chi connectivity index (χ4n) is 2.32. The van der Waals surface area contributed by atoms with Gasteiger partial charge in [0.2, 0.25) is 0 Å². The van der Waals surface area contributed by atoms with E-state index in [-0.39, 0.29) is 18.8 Å². The lowest BCUT2D eigenvalue weighted by molar-refractivity contribution is -0.0948. The molecule has 1 aromatic heterocycles. The van der Waals surface area contributed by atoms with Crippen LogP contribution in [0.15, 0.2) is 12.4 Å². The van der Waals surface area contributed by atoms with Crippen LogP contribution in [0.1, 0.15) is 12.7 Å². The zero-order valence-corrected chi connectivity index (χ0v) is 10.5. The Morgan fingerprint density at radius 2 is 2.35 bits per heavy atom. The van der Waals surface area contributed by atoms with Gasteiger partial charge in [-0.15, -0.1) is 0 Å². The summed E-state index contributed by atoms with van der Waals surface area (Å²) in [5, 5.41) is 9.15. The van der Waals surface area contributed by atoms with Gasteiger partial charge in [-0.2, -0.15) is 0 Å². The molecule has 0 aromatic carbocycles. The fraction of sp³-hybridized carbons (Fsp3) is 0.750. The van der Waals surface area contributed by atoms with E-state index in [0.717, 1.165) is 31.9 Å². The Bertz CT molecular complexity index is 353. The molecular formula is C12H21N3O2. The highest BCUT2D eigenvalue weighted by molar-refractivity contribution is 4.92. The molecule has 2 unspecified atom stereocenters. The molecule has 5 heteroatoms. The molecule has 0 spiro atoms. The van der Waals surface area contributed by atoms with Crippen molar-refractivity contribution in [2.75, 3.05) is 26.2 Å². The van der Waals surface area contributed by atoms with Gasteiger partial charge in [0.05, 0.1) is 18.8 Å². The molecule has 0 radical (unpaired) electrons. The Morgan fingerprint density at radius 1 is 1.53 bits per heavy atom. The summed E-state index contributed by atoms with van der Waals surface area (Å²) in [6.45, 7) is 4.86. The van der Waals surface area contributed by atoms with E-state index in [2.05, 4.69) is 16.8 Å². The van der Waals surface area contributed by atoms with Crippen LogP contribution in [0.2, 0.25) is 0 Å². The van der Waals surface area contributed by atoms with Crippen molar-refractivity contribution in [2.45, 2.75) is 25.6 Å². The predicted molar refractivity (Wildman–Crippen MR) is 64.8 cm³/mol. The quantitative estimate of drug-likeness (QED) is 0.806. The van der Waals surface area contributed by atoms with Gasteiger partial charge in [-0.05, 0) is 6.92 Å². The monoisotopic (exact) mass is 239 g/mol. The SMILES string of the molecule is CC1CN(CCc2nccn2C)CC(CO)O1. The average molecular weight is 239 g/mol. The molecule has 17 heavy (non-hydrogen) atoms. The molecule has 5 nitrogen and oxygen atoms in total. The molecule has 1 aliphatic heterocycles. The number of hydrogen-bond donors (Lipinski definition) is 1. The summed E-state index contributed by atoms with van der Waals surface area (Å²) in [6, 6.07) is 0. The van der Waals surface area contributed by atoms with Crippen LogP contribution < -0.4 is 0 Å². The summed E-state index contributed by atoms with van der Waals surface area (Å²) in [5.74, 6) is 1.10. The van der Waals surface area contributed by atoms with Crippen LogP contribution in [0.5, 0.6) is 0 Å². The number of imidazole rings is 1. The first-order valence-corrected chi connectivity index (χ1v) is 6.14. The van der Waals surface area contributed by atoms with Gasteiger partial charge in [0, 0.05) is 45.5 Å². The zero-order valence-electron chi connectivity index (χ0n) is 10.5. The maximum absolute atomic E-state index is 9.15. The van der Waals surface area contributed by atoms with Gasteiger partial charge < -0.3 is 14.4 Å². The van der Waals surface area contributed by atoms with Crippen LogP contribution in [-0.2, 0) is 18.2 Å². The number of morpholine rings is 1. The second kappa shape index (κ2) is 5.62. The lowest BCUT2D eigenvalue weighted by Crippen LogP contribution is -2.48. The van der Waals surface area contributed by atoms with Gasteiger partial charge in [-0.25, -0.2) is 4.98 Å². The number of nitrogens with zero attached hydrogens (tertiary/aromatic N) is 3. The number of hydrogen-bond acceptors (Lipinski definition) is 4. The molecule has 1 fully saturated rings. The molecule has 0 bridgehead atoms. The van der Waals surface area contributed by atoms with Crippen LogP contribution in [0.4, 0.5) is 0 Å². The van der Waals surface area contributed by atoms with Crippen LogP contribution in [0.3, 0.4) is 0 Å². The van der Waals surface area contributed by atoms with E-state index in [1.165, 1.54) is 0 Å². The largest absolute Gasteiger partial charge is 0.394 e. The smallest absolute Gasteiger partial charge is 0.109 e. The normalized spacial score (nSPS) is 26.3. The van der Waals surface area contributed by atoms with Gasteiger partial charge in [0.15, 0.2) is 0 Å². The lowest BCUT2D eigenvalue weighted by atomic mass is 10.2. The highest BCUT2D eigenvalue weighted by Crippen LogP contribution is 2.11. The summed E-state index contributed by atoms with van der Waals surface area (Å²) in [5.41, 5.74) is 0. The number of aromatic nitrogens is 2. The molecule has 2 heterocycles. The molecule has 0 aliphatic carbocycles. The summed E-state index contributed by atoms with van der Waals surface area (Å²) in [6.07, 6.45) is 4.89. The van der Waals surface area contributed by atoms with E-state index in [1.807, 2.05) is 24.0 Å². The molecule has 2 atom stereocenters. The third kappa shape index (κ3) is 3.28. The minimum Gasteiger partial charge on any atom is -0.394 e. The van der Waals surface area contributed by atoms with Crippen LogP contribution in [-0.4, -0.2) is 58.0 Å². The highest BCUT2D eigenvalue weighted by atomic mass is 16.5. The van der Waals surface area contributed by atoms with Crippen LogP contribution >= 0.6 is 0 Å². The Morgan fingerprint density at radius 3 is 3.00 bits per heavy atom. The number of aryl methyl sites for hydroxylation is 1. The number of aliphatic hydroxyl groups is 1. The zero-order chi connectivity index (χ0) is 12.3. The fourth-order valence-corrected chi connectivity index (χ4v) is 2.32. The first kappa shape index (κ1) is 12.5. The Balaban J connectivity index is 1.84. The molecule has 96 valence electrons. The van der Waals surface area contributed by atoms with Crippen molar-refractivity contribution in [3.63, 3.8) is 0 Å². The lowest BCUT2D eigenvalue weighted by Gasteiger charge is -2.35. The van der Waals surface area contributed by atoms with Gasteiger partial charge >= 0.3 is 0 Å². The summed E-state index contributed by atoms with van der Waals surface area (Å²) in [7, 11) is 2.01. The first-order valence-electron chi connectivity index (χ1n) is 6.14. The second-order valence-electron chi connectivity index (χ2n) is 4.72. The Kier molecular flexibility index (Phi) is 4.15. The van der Waals surface area contributed by atoms with E-state index in [4.69, 9.17) is 9.84 Å². The van der Waals surface area contributed by atoms with E-state index in [9.17, 15) is 0 Å². The van der Waals surface area contributed by atoms with E-state index in [1.54, 1.807) is 0 Å². The summed E-state index contributed by atoms with van der Waals surface area (Å²) in [4.78, 5) is 6.65. The van der Waals surface area contributed by atoms with E-state index < -0.39 is 0 Å². The molecule has 1 aliphatic rings. The van der Waals surface area contributed by atoms with Crippen molar-refractivity contribution in [2.24, 2.45) is 7.05 Å². The maximum atomic E-state index is 9.15. The van der Waals surface area contributed by atoms with Crippen molar-refractivity contribution in [3.8, 4) is 0 Å². The van der Waals surface area contributed by atoms with Gasteiger partial charge in [-0.1, -0.05) is 0 Å². The molecule has 0 amide bonds. The van der Waals surface area contributed by atoms with E-state index >= 15 is 0 Å². The number of ether oxygens (including phenoxy) is 1. The minimum absolute atomic E-state index is 0.0416. The van der Waals surface area contributed by atoms with Gasteiger partial charge in [0.25, 0.3) is 0 Å².